The van der Waals surface area contributed by atoms with Crippen LogP contribution < -0.4 is 5.32 Å². The average Bonchev–Trinajstić information content (AvgIpc) is 2.48. The van der Waals surface area contributed by atoms with Crippen LogP contribution in [0.5, 0.6) is 0 Å². The number of benzene rings is 2. The molecule has 0 fully saturated rings. The SMILES string of the molecule is CNC(C)Cc1ccc(-c2cccc(C(=O)O)c2)cc1. The molecule has 0 saturated carbocycles. The molecular weight excluding hydrogens is 250 g/mol. The number of carboxylic acids is 1. The third-order valence-electron chi connectivity index (χ3n) is 3.43. The van der Waals surface area contributed by atoms with Gasteiger partial charge in [0, 0.05) is 6.04 Å². The van der Waals surface area contributed by atoms with Crippen LogP contribution in [0, 0.1) is 0 Å². The van der Waals surface area contributed by atoms with E-state index in [1.54, 1.807) is 18.2 Å². The van der Waals surface area contributed by atoms with Gasteiger partial charge in [0.1, 0.15) is 0 Å². The lowest BCUT2D eigenvalue weighted by atomic mass is 10.00. The molecule has 2 rings (SSSR count). The molecule has 2 N–H and O–H groups in total. The average molecular weight is 269 g/mol. The number of aromatic carboxylic acids is 1. The first-order valence-electron chi connectivity index (χ1n) is 6.70. The topological polar surface area (TPSA) is 49.3 Å². The largest absolute Gasteiger partial charge is 0.478 e. The molecule has 2 aromatic rings. The van der Waals surface area contributed by atoms with Crippen LogP contribution in [-0.4, -0.2) is 24.2 Å². The van der Waals surface area contributed by atoms with Crippen molar-refractivity contribution in [1.29, 1.82) is 0 Å². The van der Waals surface area contributed by atoms with E-state index in [4.69, 9.17) is 5.11 Å². The zero-order valence-electron chi connectivity index (χ0n) is 11.8. The lowest BCUT2D eigenvalue weighted by molar-refractivity contribution is 0.0697. The summed E-state index contributed by atoms with van der Waals surface area (Å²) in [5, 5.41) is 12.2. The highest BCUT2D eigenvalue weighted by Crippen LogP contribution is 2.21. The Morgan fingerprint density at radius 3 is 2.45 bits per heavy atom. The molecule has 0 amide bonds. The first-order chi connectivity index (χ1) is 9.60. The Morgan fingerprint density at radius 1 is 1.15 bits per heavy atom. The van der Waals surface area contributed by atoms with Gasteiger partial charge < -0.3 is 10.4 Å². The predicted molar refractivity (Wildman–Crippen MR) is 81.1 cm³/mol. The van der Waals surface area contributed by atoms with Crippen molar-refractivity contribution in [2.75, 3.05) is 7.05 Å². The second-order valence-electron chi connectivity index (χ2n) is 4.98. The number of carbonyl (C=O) groups is 1. The maximum atomic E-state index is 11.0. The second-order valence-corrected chi connectivity index (χ2v) is 4.98. The highest BCUT2D eigenvalue weighted by molar-refractivity contribution is 5.89. The van der Waals surface area contributed by atoms with Crippen LogP contribution >= 0.6 is 0 Å². The molecule has 0 aromatic heterocycles. The van der Waals surface area contributed by atoms with Gasteiger partial charge in [-0.05, 0) is 49.2 Å². The molecule has 0 spiro atoms. The van der Waals surface area contributed by atoms with Gasteiger partial charge >= 0.3 is 5.97 Å². The fraction of sp³-hybridized carbons (Fsp3) is 0.235. The predicted octanol–water partition coefficient (Wildman–Crippen LogP) is 3.20. The third kappa shape index (κ3) is 3.45. The standard InChI is InChI=1S/C17H19NO2/c1-12(18-2)10-13-6-8-14(9-7-13)15-4-3-5-16(11-15)17(19)20/h3-9,11-12,18H,10H2,1-2H3,(H,19,20). The van der Waals surface area contributed by atoms with Gasteiger partial charge in [0.2, 0.25) is 0 Å². The number of hydrogen-bond donors (Lipinski definition) is 2. The monoisotopic (exact) mass is 269 g/mol. The first-order valence-corrected chi connectivity index (χ1v) is 6.70. The first kappa shape index (κ1) is 14.3. The molecule has 1 atom stereocenters. The molecule has 0 heterocycles. The van der Waals surface area contributed by atoms with Crippen molar-refractivity contribution < 1.29 is 9.90 Å². The van der Waals surface area contributed by atoms with Gasteiger partial charge in [-0.3, -0.25) is 0 Å². The molecule has 0 aliphatic heterocycles. The molecular formula is C17H19NO2. The van der Waals surface area contributed by atoms with E-state index in [0.717, 1.165) is 17.5 Å². The fourth-order valence-corrected chi connectivity index (χ4v) is 2.12. The summed E-state index contributed by atoms with van der Waals surface area (Å²) in [6, 6.07) is 15.7. The minimum absolute atomic E-state index is 0.315. The van der Waals surface area contributed by atoms with Crippen molar-refractivity contribution in [2.24, 2.45) is 0 Å². The number of nitrogens with one attached hydrogen (secondary N) is 1. The smallest absolute Gasteiger partial charge is 0.335 e. The Labute approximate surface area is 119 Å². The summed E-state index contributed by atoms with van der Waals surface area (Å²) in [6.45, 7) is 2.14. The zero-order chi connectivity index (χ0) is 14.5. The van der Waals surface area contributed by atoms with Gasteiger partial charge in [-0.25, -0.2) is 4.79 Å². The van der Waals surface area contributed by atoms with Crippen LogP contribution in [0.25, 0.3) is 11.1 Å². The molecule has 3 heteroatoms. The Balaban J connectivity index is 2.21. The summed E-state index contributed by atoms with van der Waals surface area (Å²) >= 11 is 0. The van der Waals surface area contributed by atoms with Crippen LogP contribution in [0.3, 0.4) is 0 Å². The van der Waals surface area contributed by atoms with Crippen LogP contribution in [-0.2, 0) is 6.42 Å². The van der Waals surface area contributed by atoms with E-state index in [-0.39, 0.29) is 0 Å². The minimum Gasteiger partial charge on any atom is -0.478 e. The quantitative estimate of drug-likeness (QED) is 0.876. The molecule has 20 heavy (non-hydrogen) atoms. The highest BCUT2D eigenvalue weighted by atomic mass is 16.4. The maximum absolute atomic E-state index is 11.0. The summed E-state index contributed by atoms with van der Waals surface area (Å²) in [5.74, 6) is -0.897. The van der Waals surface area contributed by atoms with Crippen molar-refractivity contribution in [3.05, 3.63) is 59.7 Å². The van der Waals surface area contributed by atoms with E-state index in [9.17, 15) is 4.79 Å². The van der Waals surface area contributed by atoms with Gasteiger partial charge in [0.05, 0.1) is 5.56 Å². The van der Waals surface area contributed by atoms with Crippen molar-refractivity contribution in [1.82, 2.24) is 5.32 Å². The molecule has 0 aliphatic carbocycles. The van der Waals surface area contributed by atoms with E-state index in [0.29, 0.717) is 11.6 Å². The molecule has 0 radical (unpaired) electrons. The van der Waals surface area contributed by atoms with Crippen LogP contribution in [0.4, 0.5) is 0 Å². The lowest BCUT2D eigenvalue weighted by Gasteiger charge is -2.10. The van der Waals surface area contributed by atoms with Gasteiger partial charge in [-0.15, -0.1) is 0 Å². The summed E-state index contributed by atoms with van der Waals surface area (Å²) in [7, 11) is 1.95. The fourth-order valence-electron chi connectivity index (χ4n) is 2.12. The van der Waals surface area contributed by atoms with Crippen molar-refractivity contribution in [3.8, 4) is 11.1 Å². The van der Waals surface area contributed by atoms with Crippen LogP contribution in [0.1, 0.15) is 22.8 Å². The molecule has 2 aromatic carbocycles. The van der Waals surface area contributed by atoms with E-state index in [1.165, 1.54) is 5.56 Å². The van der Waals surface area contributed by atoms with Crippen LogP contribution in [0.2, 0.25) is 0 Å². The third-order valence-corrected chi connectivity index (χ3v) is 3.43. The summed E-state index contributed by atoms with van der Waals surface area (Å²) in [4.78, 5) is 11.0. The number of hydrogen-bond acceptors (Lipinski definition) is 2. The Hall–Kier alpha value is -2.13. The van der Waals surface area contributed by atoms with E-state index < -0.39 is 5.97 Å². The zero-order valence-corrected chi connectivity index (χ0v) is 11.8. The van der Waals surface area contributed by atoms with E-state index in [2.05, 4.69) is 24.4 Å². The van der Waals surface area contributed by atoms with Gasteiger partial charge in [-0.1, -0.05) is 36.4 Å². The Kier molecular flexibility index (Phi) is 4.53. The normalized spacial score (nSPS) is 12.1. The van der Waals surface area contributed by atoms with Crippen molar-refractivity contribution >= 4 is 5.97 Å². The number of likely N-dealkylation sites (N-methyl/N-ethyl adjacent to an activating group) is 1. The molecule has 0 aliphatic rings. The molecule has 104 valence electrons. The van der Waals surface area contributed by atoms with Gasteiger partial charge in [0.25, 0.3) is 0 Å². The minimum atomic E-state index is -0.897. The number of rotatable bonds is 5. The Bertz CT molecular complexity index is 590. The molecule has 1 unspecified atom stereocenters. The van der Waals surface area contributed by atoms with E-state index in [1.807, 2.05) is 25.2 Å². The van der Waals surface area contributed by atoms with Crippen molar-refractivity contribution in [3.63, 3.8) is 0 Å². The highest BCUT2D eigenvalue weighted by Gasteiger charge is 2.05. The van der Waals surface area contributed by atoms with Crippen LogP contribution in [0.15, 0.2) is 48.5 Å². The maximum Gasteiger partial charge on any atom is 0.335 e. The van der Waals surface area contributed by atoms with Crippen molar-refractivity contribution in [2.45, 2.75) is 19.4 Å². The molecule has 3 nitrogen and oxygen atoms in total. The molecule has 0 bridgehead atoms. The Morgan fingerprint density at radius 2 is 1.85 bits per heavy atom. The number of carboxylic acid groups (broad SMARTS) is 1. The summed E-state index contributed by atoms with van der Waals surface area (Å²) in [6.07, 6.45) is 0.978. The van der Waals surface area contributed by atoms with Gasteiger partial charge in [0.15, 0.2) is 0 Å². The molecule has 0 saturated heterocycles. The van der Waals surface area contributed by atoms with Gasteiger partial charge in [-0.2, -0.15) is 0 Å². The summed E-state index contributed by atoms with van der Waals surface area (Å²) in [5.41, 5.74) is 3.55. The summed E-state index contributed by atoms with van der Waals surface area (Å²) < 4.78 is 0. The second kappa shape index (κ2) is 6.35. The lowest BCUT2D eigenvalue weighted by Crippen LogP contribution is -2.23. The van der Waals surface area contributed by atoms with E-state index >= 15 is 0 Å².